The fraction of sp³-hybridized carbons (Fsp3) is 0.462. The molecule has 0 atom stereocenters. The molecule has 0 saturated heterocycles. The predicted molar refractivity (Wildman–Crippen MR) is 62.8 cm³/mol. The highest BCUT2D eigenvalue weighted by Gasteiger charge is 2.11. The molecule has 1 aromatic rings. The number of rotatable bonds is 5. The summed E-state index contributed by atoms with van der Waals surface area (Å²) in [5, 5.41) is 18.7. The van der Waals surface area contributed by atoms with Crippen LogP contribution in [0.4, 0.5) is 0 Å². The Kier molecular flexibility index (Phi) is 4.35. The van der Waals surface area contributed by atoms with E-state index in [0.29, 0.717) is 5.56 Å². The smallest absolute Gasteiger partial charge is 0.307 e. The number of aryl methyl sites for hydroxylation is 2. The zero-order valence-corrected chi connectivity index (χ0v) is 9.79. The van der Waals surface area contributed by atoms with Crippen molar-refractivity contribution in [1.82, 2.24) is 0 Å². The average molecular weight is 222 g/mol. The van der Waals surface area contributed by atoms with Gasteiger partial charge in [0.05, 0.1) is 6.42 Å². The van der Waals surface area contributed by atoms with Gasteiger partial charge in [-0.3, -0.25) is 4.79 Å². The average Bonchev–Trinajstić information content (AvgIpc) is 2.23. The number of hydrogen-bond donors (Lipinski definition) is 2. The lowest BCUT2D eigenvalue weighted by molar-refractivity contribution is -0.136. The van der Waals surface area contributed by atoms with Gasteiger partial charge in [0.15, 0.2) is 0 Å². The summed E-state index contributed by atoms with van der Waals surface area (Å²) in [4.78, 5) is 10.7. The van der Waals surface area contributed by atoms with Gasteiger partial charge in [-0.15, -0.1) is 0 Å². The number of phenolic OH excluding ortho intramolecular Hbond substituents is 1. The van der Waals surface area contributed by atoms with Crippen molar-refractivity contribution >= 4 is 5.97 Å². The first kappa shape index (κ1) is 12.6. The summed E-state index contributed by atoms with van der Waals surface area (Å²) in [6.07, 6.45) is 2.46. The molecule has 3 nitrogen and oxygen atoms in total. The van der Waals surface area contributed by atoms with Crippen LogP contribution in [0.15, 0.2) is 12.1 Å². The number of carboxylic acid groups (broad SMARTS) is 1. The van der Waals surface area contributed by atoms with Crippen LogP contribution in [0.3, 0.4) is 0 Å². The minimum Gasteiger partial charge on any atom is -0.507 e. The molecule has 0 unspecified atom stereocenters. The fourth-order valence-electron chi connectivity index (χ4n) is 1.79. The van der Waals surface area contributed by atoms with Crippen molar-refractivity contribution in [1.29, 1.82) is 0 Å². The van der Waals surface area contributed by atoms with E-state index in [4.69, 9.17) is 5.11 Å². The Balaban J connectivity index is 3.14. The van der Waals surface area contributed by atoms with E-state index in [1.54, 1.807) is 6.07 Å². The largest absolute Gasteiger partial charge is 0.507 e. The molecule has 0 fully saturated rings. The van der Waals surface area contributed by atoms with Crippen molar-refractivity contribution in [3.8, 4) is 5.75 Å². The van der Waals surface area contributed by atoms with E-state index in [1.165, 1.54) is 0 Å². The third-order valence-corrected chi connectivity index (χ3v) is 2.60. The van der Waals surface area contributed by atoms with Crippen molar-refractivity contribution in [2.75, 3.05) is 0 Å². The lowest BCUT2D eigenvalue weighted by Gasteiger charge is -2.10. The molecule has 1 aromatic carbocycles. The molecule has 0 bridgehead atoms. The van der Waals surface area contributed by atoms with Crippen LogP contribution < -0.4 is 0 Å². The normalized spacial score (nSPS) is 10.4. The lowest BCUT2D eigenvalue weighted by Crippen LogP contribution is -2.03. The third-order valence-electron chi connectivity index (χ3n) is 2.60. The van der Waals surface area contributed by atoms with Gasteiger partial charge in [-0.2, -0.15) is 0 Å². The summed E-state index contributed by atoms with van der Waals surface area (Å²) in [6.45, 7) is 4.06. The molecular weight excluding hydrogens is 204 g/mol. The summed E-state index contributed by atoms with van der Waals surface area (Å²) < 4.78 is 0. The van der Waals surface area contributed by atoms with Crippen LogP contribution in [-0.2, 0) is 24.1 Å². The highest BCUT2D eigenvalue weighted by molar-refractivity contribution is 5.71. The standard InChI is InChI=1S/C13H18O3/c1-3-5-10-6-9(4-2)7-11(13(10)16)8-12(14)15/h6-7,16H,3-5,8H2,1-2H3,(H,14,15). The van der Waals surface area contributed by atoms with Crippen molar-refractivity contribution in [3.05, 3.63) is 28.8 Å². The van der Waals surface area contributed by atoms with Crippen molar-refractivity contribution < 1.29 is 15.0 Å². The number of aliphatic carboxylic acids is 1. The highest BCUT2D eigenvalue weighted by atomic mass is 16.4. The number of hydrogen-bond acceptors (Lipinski definition) is 2. The van der Waals surface area contributed by atoms with E-state index in [1.807, 2.05) is 19.9 Å². The molecule has 0 heterocycles. The van der Waals surface area contributed by atoms with Gasteiger partial charge in [0.2, 0.25) is 0 Å². The zero-order valence-electron chi connectivity index (χ0n) is 9.79. The molecule has 0 saturated carbocycles. The minimum atomic E-state index is -0.911. The Bertz CT molecular complexity index is 383. The maximum absolute atomic E-state index is 10.7. The molecule has 0 amide bonds. The molecule has 0 radical (unpaired) electrons. The van der Waals surface area contributed by atoms with E-state index < -0.39 is 5.97 Å². The summed E-state index contributed by atoms with van der Waals surface area (Å²) in [5.74, 6) is -0.757. The van der Waals surface area contributed by atoms with Crippen LogP contribution in [0, 0.1) is 0 Å². The van der Waals surface area contributed by atoms with Crippen LogP contribution >= 0.6 is 0 Å². The summed E-state index contributed by atoms with van der Waals surface area (Å²) in [5.41, 5.74) is 2.46. The molecule has 0 aliphatic rings. The predicted octanol–water partition coefficient (Wildman–Crippen LogP) is 2.53. The van der Waals surface area contributed by atoms with E-state index in [2.05, 4.69) is 0 Å². The molecule has 0 aromatic heterocycles. The molecule has 88 valence electrons. The first-order valence-corrected chi connectivity index (χ1v) is 5.63. The van der Waals surface area contributed by atoms with Crippen molar-refractivity contribution in [3.63, 3.8) is 0 Å². The molecule has 0 aliphatic heterocycles. The van der Waals surface area contributed by atoms with Gasteiger partial charge in [-0.25, -0.2) is 0 Å². The van der Waals surface area contributed by atoms with Gasteiger partial charge in [0, 0.05) is 5.56 Å². The molecule has 0 spiro atoms. The molecule has 3 heteroatoms. The van der Waals surface area contributed by atoms with Gasteiger partial charge in [-0.1, -0.05) is 32.4 Å². The fourth-order valence-corrected chi connectivity index (χ4v) is 1.79. The molecule has 2 N–H and O–H groups in total. The quantitative estimate of drug-likeness (QED) is 0.804. The van der Waals surface area contributed by atoms with Crippen molar-refractivity contribution in [2.45, 2.75) is 39.5 Å². The third kappa shape index (κ3) is 2.99. The monoisotopic (exact) mass is 222 g/mol. The van der Waals surface area contributed by atoms with Gasteiger partial charge >= 0.3 is 5.97 Å². The summed E-state index contributed by atoms with van der Waals surface area (Å²) in [6, 6.07) is 3.74. The Morgan fingerprint density at radius 2 is 1.88 bits per heavy atom. The van der Waals surface area contributed by atoms with Crippen LogP contribution in [0.25, 0.3) is 0 Å². The first-order chi connectivity index (χ1) is 7.58. The number of carbonyl (C=O) groups is 1. The summed E-state index contributed by atoms with van der Waals surface area (Å²) >= 11 is 0. The number of aromatic hydroxyl groups is 1. The number of carboxylic acids is 1. The first-order valence-electron chi connectivity index (χ1n) is 5.63. The molecule has 0 aliphatic carbocycles. The Hall–Kier alpha value is -1.51. The summed E-state index contributed by atoms with van der Waals surface area (Å²) in [7, 11) is 0. The van der Waals surface area contributed by atoms with Crippen LogP contribution in [-0.4, -0.2) is 16.2 Å². The van der Waals surface area contributed by atoms with Gasteiger partial charge in [-0.05, 0) is 24.0 Å². The zero-order chi connectivity index (χ0) is 12.1. The number of benzene rings is 1. The highest BCUT2D eigenvalue weighted by Crippen LogP contribution is 2.26. The topological polar surface area (TPSA) is 57.5 Å². The maximum atomic E-state index is 10.7. The van der Waals surface area contributed by atoms with Gasteiger partial charge in [0.25, 0.3) is 0 Å². The maximum Gasteiger partial charge on any atom is 0.307 e. The second-order valence-corrected chi connectivity index (χ2v) is 3.94. The molecule has 16 heavy (non-hydrogen) atoms. The second-order valence-electron chi connectivity index (χ2n) is 3.94. The van der Waals surface area contributed by atoms with E-state index in [-0.39, 0.29) is 12.2 Å². The Labute approximate surface area is 95.7 Å². The van der Waals surface area contributed by atoms with Crippen molar-refractivity contribution in [2.24, 2.45) is 0 Å². The Morgan fingerprint density at radius 3 is 2.38 bits per heavy atom. The Morgan fingerprint density at radius 1 is 1.25 bits per heavy atom. The minimum absolute atomic E-state index is 0.115. The van der Waals surface area contributed by atoms with Crippen LogP contribution in [0.2, 0.25) is 0 Å². The van der Waals surface area contributed by atoms with Crippen LogP contribution in [0.5, 0.6) is 5.75 Å². The van der Waals surface area contributed by atoms with Gasteiger partial charge < -0.3 is 10.2 Å². The molecular formula is C13H18O3. The van der Waals surface area contributed by atoms with E-state index in [9.17, 15) is 9.90 Å². The van der Waals surface area contributed by atoms with E-state index >= 15 is 0 Å². The van der Waals surface area contributed by atoms with E-state index in [0.717, 1.165) is 30.4 Å². The van der Waals surface area contributed by atoms with Crippen LogP contribution in [0.1, 0.15) is 37.0 Å². The second kappa shape index (κ2) is 5.54. The molecule has 1 rings (SSSR count). The SMILES string of the molecule is CCCc1cc(CC)cc(CC(=O)O)c1O. The lowest BCUT2D eigenvalue weighted by atomic mass is 9.98. The number of phenols is 1. The van der Waals surface area contributed by atoms with Gasteiger partial charge in [0.1, 0.15) is 5.75 Å².